The van der Waals surface area contributed by atoms with E-state index in [4.69, 9.17) is 14.0 Å². The number of hydrogen-bond donors (Lipinski definition) is 0. The third kappa shape index (κ3) is 7.54. The molecule has 0 N–H and O–H groups in total. The fourth-order valence-electron chi connectivity index (χ4n) is 6.79. The molecule has 0 bridgehead atoms. The molecule has 0 fully saturated rings. The Morgan fingerprint density at radius 2 is 1.39 bits per heavy atom. The number of benzene rings is 6. The molecular formula is C51H45IrN3O-2. The Labute approximate surface area is 353 Å². The molecule has 5 heteroatoms. The van der Waals surface area contributed by atoms with Gasteiger partial charge in [-0.3, -0.25) is 4.98 Å². The molecule has 0 saturated heterocycles. The number of fused-ring (bicyclic) bond motifs is 6. The van der Waals surface area contributed by atoms with E-state index in [-0.39, 0.29) is 53.8 Å². The molecule has 3 heterocycles. The summed E-state index contributed by atoms with van der Waals surface area (Å²) in [5.74, 6) is 0. The SMILES string of the molecule is CC(C)(C)c1cnc(-c2[c-]cccc2)cn1.[2H]c1cc(C(C)(C)C)cc(C([2H])([2H])[2H])c1-c1cc(-c2[c-]ccc3c2oc2cc4c(ccc5ccccc54)cc23)ncc1C([2H])([2H])[2H].[Ir]. The van der Waals surface area contributed by atoms with Gasteiger partial charge in [-0.15, -0.1) is 54.1 Å². The fraction of sp³-hybridized carbons (Fsp3) is 0.196. The minimum atomic E-state index is -2.61. The van der Waals surface area contributed by atoms with E-state index in [2.05, 4.69) is 78.2 Å². The first-order valence-electron chi connectivity index (χ1n) is 21.8. The minimum Gasteiger partial charge on any atom is -0.501 e. The number of rotatable bonds is 3. The normalized spacial score (nSPS) is 14.1. The number of hydrogen-bond acceptors (Lipinski definition) is 4. The Morgan fingerprint density at radius 1 is 0.607 bits per heavy atom. The van der Waals surface area contributed by atoms with Crippen LogP contribution in [0.4, 0.5) is 0 Å². The van der Waals surface area contributed by atoms with Crippen LogP contribution < -0.4 is 0 Å². The number of furan rings is 1. The Hall–Kier alpha value is -5.48. The van der Waals surface area contributed by atoms with Crippen molar-refractivity contribution in [3.8, 4) is 33.6 Å². The zero-order valence-corrected chi connectivity index (χ0v) is 34.5. The molecular weight excluding hydrogens is 863 g/mol. The molecule has 4 nitrogen and oxygen atoms in total. The number of pyridine rings is 1. The van der Waals surface area contributed by atoms with Gasteiger partial charge in [0, 0.05) is 63.4 Å². The molecule has 6 aromatic carbocycles. The first kappa shape index (κ1) is 30.7. The fourth-order valence-corrected chi connectivity index (χ4v) is 6.79. The van der Waals surface area contributed by atoms with Crippen LogP contribution in [0.5, 0.6) is 0 Å². The van der Waals surface area contributed by atoms with Crippen molar-refractivity contribution in [3.63, 3.8) is 0 Å². The molecule has 0 spiro atoms. The van der Waals surface area contributed by atoms with E-state index in [0.717, 1.165) is 49.3 Å². The summed E-state index contributed by atoms with van der Waals surface area (Å²) in [7, 11) is 0. The van der Waals surface area contributed by atoms with E-state index in [1.165, 1.54) is 6.20 Å². The molecule has 56 heavy (non-hydrogen) atoms. The Balaban J connectivity index is 0.000000295. The second-order valence-corrected chi connectivity index (χ2v) is 15.9. The van der Waals surface area contributed by atoms with Gasteiger partial charge in [0.05, 0.1) is 12.6 Å². The molecule has 0 atom stereocenters. The number of aryl methyl sites for hydroxylation is 2. The van der Waals surface area contributed by atoms with E-state index in [9.17, 15) is 0 Å². The maximum absolute atomic E-state index is 8.98. The molecule has 0 amide bonds. The molecule has 0 unspecified atom stereocenters. The van der Waals surface area contributed by atoms with Crippen molar-refractivity contribution in [1.29, 1.82) is 0 Å². The summed E-state index contributed by atoms with van der Waals surface area (Å²) in [4.78, 5) is 13.4. The van der Waals surface area contributed by atoms with Crippen LogP contribution in [-0.2, 0) is 30.9 Å². The van der Waals surface area contributed by atoms with E-state index in [1.54, 1.807) is 24.3 Å². The Kier molecular flexibility index (Phi) is 8.34. The van der Waals surface area contributed by atoms with Crippen molar-refractivity contribution in [2.45, 2.75) is 66.1 Å². The zero-order chi connectivity index (χ0) is 44.4. The largest absolute Gasteiger partial charge is 0.501 e. The zero-order valence-electron chi connectivity index (χ0n) is 39.1. The van der Waals surface area contributed by atoms with E-state index >= 15 is 0 Å². The van der Waals surface area contributed by atoms with Gasteiger partial charge < -0.3 is 14.4 Å². The molecule has 0 aliphatic carbocycles. The summed E-state index contributed by atoms with van der Waals surface area (Å²) >= 11 is 0. The molecule has 9 rings (SSSR count). The maximum atomic E-state index is 8.98. The monoisotopic (exact) mass is 915 g/mol. The molecule has 0 aliphatic heterocycles. The minimum absolute atomic E-state index is 0. The van der Waals surface area contributed by atoms with Crippen LogP contribution in [0.1, 0.15) is 73.5 Å². The van der Waals surface area contributed by atoms with Gasteiger partial charge in [-0.2, -0.15) is 0 Å². The molecule has 0 aliphatic rings. The molecule has 3 aromatic heterocycles. The summed E-state index contributed by atoms with van der Waals surface area (Å²) in [5.41, 5.74) is 5.22. The first-order valence-corrected chi connectivity index (χ1v) is 18.3. The van der Waals surface area contributed by atoms with Crippen molar-refractivity contribution in [1.82, 2.24) is 15.0 Å². The van der Waals surface area contributed by atoms with E-state index in [0.29, 0.717) is 28.0 Å². The Bertz CT molecular complexity index is 3130. The molecule has 281 valence electrons. The standard InChI is InChI=1S/C37H30NO.C14H15N2.Ir/c1-22-17-26(37(3,4)5)15-16-27(22)31-19-34(38-21-23(31)2)30-12-8-11-29-33-18-25-14-13-24-9-6-7-10-28(24)32(25)20-35(33)39-36(29)30;1-14(2,3)13-10-15-12(9-16-13)11-7-5-4-6-8-11;/h6-11,13-21H,1-5H3;4-7,9-10H,1-3H3;/q2*-1;/i1D3,2D3,16D;;. The Morgan fingerprint density at radius 3 is 2.12 bits per heavy atom. The summed E-state index contributed by atoms with van der Waals surface area (Å²) in [6.45, 7) is 7.01. The average molecular weight is 915 g/mol. The van der Waals surface area contributed by atoms with Gasteiger partial charge >= 0.3 is 0 Å². The first-order chi connectivity index (χ1) is 29.2. The second kappa shape index (κ2) is 15.2. The van der Waals surface area contributed by atoms with Crippen molar-refractivity contribution in [2.24, 2.45) is 0 Å². The van der Waals surface area contributed by atoms with Crippen molar-refractivity contribution in [2.75, 3.05) is 0 Å². The summed E-state index contributed by atoms with van der Waals surface area (Å²) < 4.78 is 65.4. The molecule has 9 aromatic rings. The van der Waals surface area contributed by atoms with Gasteiger partial charge in [-0.05, 0) is 86.3 Å². The van der Waals surface area contributed by atoms with Crippen LogP contribution in [0.15, 0.2) is 132 Å². The van der Waals surface area contributed by atoms with Crippen LogP contribution in [0.3, 0.4) is 0 Å². The van der Waals surface area contributed by atoms with Crippen LogP contribution in [-0.4, -0.2) is 15.0 Å². The van der Waals surface area contributed by atoms with Crippen molar-refractivity contribution in [3.05, 3.63) is 162 Å². The van der Waals surface area contributed by atoms with E-state index in [1.807, 2.05) is 81.7 Å². The van der Waals surface area contributed by atoms with Gasteiger partial charge in [-0.25, -0.2) is 0 Å². The van der Waals surface area contributed by atoms with Crippen LogP contribution in [0, 0.1) is 25.8 Å². The van der Waals surface area contributed by atoms with Crippen LogP contribution in [0.2, 0.25) is 0 Å². The third-order valence-electron chi connectivity index (χ3n) is 9.94. The average Bonchev–Trinajstić information content (AvgIpc) is 3.59. The van der Waals surface area contributed by atoms with Crippen molar-refractivity contribution >= 4 is 43.5 Å². The van der Waals surface area contributed by atoms with E-state index < -0.39 is 19.1 Å². The van der Waals surface area contributed by atoms with Gasteiger partial charge in [0.25, 0.3) is 0 Å². The topological polar surface area (TPSA) is 51.8 Å². The predicted molar refractivity (Wildman–Crippen MR) is 229 cm³/mol. The van der Waals surface area contributed by atoms with Gasteiger partial charge in [0.2, 0.25) is 0 Å². The number of aromatic nitrogens is 3. The molecule has 0 saturated carbocycles. The molecule has 1 radical (unpaired) electrons. The quantitative estimate of drug-likeness (QED) is 0.131. The third-order valence-corrected chi connectivity index (χ3v) is 9.94. The van der Waals surface area contributed by atoms with Gasteiger partial charge in [-0.1, -0.05) is 113 Å². The van der Waals surface area contributed by atoms with Crippen LogP contribution in [0.25, 0.3) is 77.1 Å². The second-order valence-electron chi connectivity index (χ2n) is 15.9. The predicted octanol–water partition coefficient (Wildman–Crippen LogP) is 13.6. The van der Waals surface area contributed by atoms with Crippen LogP contribution >= 0.6 is 0 Å². The van der Waals surface area contributed by atoms with Crippen molar-refractivity contribution < 1.29 is 34.1 Å². The summed E-state index contributed by atoms with van der Waals surface area (Å²) in [6.07, 6.45) is 4.91. The van der Waals surface area contributed by atoms with Gasteiger partial charge in [0.15, 0.2) is 0 Å². The summed E-state index contributed by atoms with van der Waals surface area (Å²) in [6, 6.07) is 39.1. The maximum Gasteiger partial charge on any atom is 0.121 e. The number of nitrogens with zero attached hydrogens (tertiary/aromatic N) is 3. The summed E-state index contributed by atoms with van der Waals surface area (Å²) in [5, 5.41) is 6.16. The smallest absolute Gasteiger partial charge is 0.121 e. The van der Waals surface area contributed by atoms with Gasteiger partial charge in [0.1, 0.15) is 5.58 Å².